The molecule has 0 aliphatic carbocycles. The van der Waals surface area contributed by atoms with Crippen molar-refractivity contribution >= 4 is 0 Å². The third-order valence-corrected chi connectivity index (χ3v) is 7.04. The van der Waals surface area contributed by atoms with Gasteiger partial charge in [-0.3, -0.25) is 0 Å². The van der Waals surface area contributed by atoms with Crippen LogP contribution in [0.2, 0.25) is 0 Å². The molecular weight excluding hydrogens is 480 g/mol. The van der Waals surface area contributed by atoms with Gasteiger partial charge in [0, 0.05) is 11.8 Å². The summed E-state index contributed by atoms with van der Waals surface area (Å²) in [5.41, 5.74) is 5.00. The van der Waals surface area contributed by atoms with Crippen molar-refractivity contribution < 1.29 is 9.84 Å². The van der Waals surface area contributed by atoms with Crippen LogP contribution >= 0.6 is 0 Å². The zero-order valence-electron chi connectivity index (χ0n) is 21.4. The minimum absolute atomic E-state index is 0.150. The smallest absolute Gasteiger partial charge is 0.125 e. The second kappa shape index (κ2) is 10.7. The lowest BCUT2D eigenvalue weighted by Gasteiger charge is -2.37. The molecule has 0 aliphatic rings. The van der Waals surface area contributed by atoms with E-state index in [0.717, 1.165) is 22.3 Å². The maximum Gasteiger partial charge on any atom is 0.125 e. The topological polar surface area (TPSA) is 47.3 Å². The highest BCUT2D eigenvalue weighted by molar-refractivity contribution is 5.68. The van der Waals surface area contributed by atoms with E-state index in [-0.39, 0.29) is 5.75 Å². The average Bonchev–Trinajstić information content (AvgIpc) is 3.50. The number of nitrogens with zero attached hydrogens (tertiary/aromatic N) is 2. The van der Waals surface area contributed by atoms with Crippen LogP contribution < -0.4 is 4.74 Å². The lowest BCUT2D eigenvalue weighted by atomic mass is 9.77. The third kappa shape index (κ3) is 4.69. The molecule has 1 heterocycles. The van der Waals surface area contributed by atoms with Gasteiger partial charge in [-0.25, -0.2) is 4.98 Å². The number of phenols is 1. The van der Waals surface area contributed by atoms with Crippen LogP contribution in [0.5, 0.6) is 11.5 Å². The van der Waals surface area contributed by atoms with Crippen LogP contribution in [0.4, 0.5) is 0 Å². The number of ether oxygens (including phenoxy) is 1. The van der Waals surface area contributed by atoms with Crippen LogP contribution in [0.3, 0.4) is 0 Å². The van der Waals surface area contributed by atoms with Gasteiger partial charge in [-0.15, -0.1) is 0 Å². The number of rotatable bonds is 8. The molecule has 5 aromatic carbocycles. The zero-order valence-corrected chi connectivity index (χ0v) is 21.4. The van der Waals surface area contributed by atoms with E-state index in [2.05, 4.69) is 77.4 Å². The SMILES string of the molecule is Oc1ccc(OCc2ccccc2)cc1-c1cn(C(c2ccccc2)(c2ccccc2)c2ccccc2)cn1. The van der Waals surface area contributed by atoms with Crippen molar-refractivity contribution in [1.82, 2.24) is 9.55 Å². The fourth-order valence-corrected chi connectivity index (χ4v) is 5.18. The molecule has 0 atom stereocenters. The number of imidazole rings is 1. The van der Waals surface area contributed by atoms with Gasteiger partial charge in [0.25, 0.3) is 0 Å². The number of aromatic hydroxyl groups is 1. The number of hydrogen-bond acceptors (Lipinski definition) is 3. The highest BCUT2D eigenvalue weighted by atomic mass is 16.5. The summed E-state index contributed by atoms with van der Waals surface area (Å²) >= 11 is 0. The standard InChI is InChI=1S/C35H28N2O2/c38-34-22-21-31(39-25-27-13-5-1-6-14-27)23-32(34)33-24-37(26-36-33)35(28-15-7-2-8-16-28,29-17-9-3-10-18-29)30-19-11-4-12-20-30/h1-24,26,38H,25H2. The van der Waals surface area contributed by atoms with E-state index in [9.17, 15) is 5.11 Å². The Balaban J connectivity index is 1.47. The first kappa shape index (κ1) is 24.3. The lowest BCUT2D eigenvalue weighted by Crippen LogP contribution is -2.36. The van der Waals surface area contributed by atoms with E-state index >= 15 is 0 Å². The van der Waals surface area contributed by atoms with Crippen LogP contribution in [0.15, 0.2) is 152 Å². The molecule has 0 spiro atoms. The summed E-state index contributed by atoms with van der Waals surface area (Å²) in [6.45, 7) is 0.443. The summed E-state index contributed by atoms with van der Waals surface area (Å²) in [4.78, 5) is 4.80. The maximum atomic E-state index is 10.8. The molecule has 6 rings (SSSR count). The monoisotopic (exact) mass is 508 g/mol. The molecule has 190 valence electrons. The summed E-state index contributed by atoms with van der Waals surface area (Å²) in [7, 11) is 0. The van der Waals surface area contributed by atoms with Gasteiger partial charge in [-0.1, -0.05) is 121 Å². The predicted octanol–water partition coefficient (Wildman–Crippen LogP) is 7.67. The Labute approximate surface area is 228 Å². The summed E-state index contributed by atoms with van der Waals surface area (Å²) in [6.07, 6.45) is 3.85. The molecule has 0 unspecified atom stereocenters. The third-order valence-electron chi connectivity index (χ3n) is 7.04. The first-order valence-corrected chi connectivity index (χ1v) is 13.0. The molecular formula is C35H28N2O2. The summed E-state index contributed by atoms with van der Waals surface area (Å²) in [6, 6.07) is 46.7. The van der Waals surface area contributed by atoms with Crippen molar-refractivity contribution in [3.63, 3.8) is 0 Å². The van der Waals surface area contributed by atoms with E-state index in [1.807, 2.05) is 67.1 Å². The first-order valence-electron chi connectivity index (χ1n) is 13.0. The van der Waals surface area contributed by atoms with Gasteiger partial charge in [0.15, 0.2) is 0 Å². The molecule has 0 saturated heterocycles. The van der Waals surface area contributed by atoms with Crippen LogP contribution in [-0.4, -0.2) is 14.7 Å². The first-order chi connectivity index (χ1) is 19.2. The second-order valence-electron chi connectivity index (χ2n) is 9.43. The van der Waals surface area contributed by atoms with E-state index in [0.29, 0.717) is 23.6 Å². The molecule has 1 aromatic heterocycles. The van der Waals surface area contributed by atoms with Crippen molar-refractivity contribution in [3.8, 4) is 22.8 Å². The molecule has 0 bridgehead atoms. The van der Waals surface area contributed by atoms with Crippen LogP contribution in [0.1, 0.15) is 22.3 Å². The molecule has 0 radical (unpaired) electrons. The largest absolute Gasteiger partial charge is 0.507 e. The normalized spacial score (nSPS) is 11.3. The summed E-state index contributed by atoms with van der Waals surface area (Å²) in [5, 5.41) is 10.8. The molecule has 4 nitrogen and oxygen atoms in total. The van der Waals surface area contributed by atoms with Gasteiger partial charge in [0.2, 0.25) is 0 Å². The molecule has 0 fully saturated rings. The Morgan fingerprint density at radius 2 is 1.15 bits per heavy atom. The van der Waals surface area contributed by atoms with Gasteiger partial charge in [-0.2, -0.15) is 0 Å². The van der Waals surface area contributed by atoms with Gasteiger partial charge >= 0.3 is 0 Å². The minimum Gasteiger partial charge on any atom is -0.507 e. The molecule has 0 saturated carbocycles. The number of benzene rings is 5. The predicted molar refractivity (Wildman–Crippen MR) is 155 cm³/mol. The van der Waals surface area contributed by atoms with E-state index in [1.165, 1.54) is 0 Å². The van der Waals surface area contributed by atoms with Crippen LogP contribution in [0, 0.1) is 0 Å². The van der Waals surface area contributed by atoms with Crippen molar-refractivity contribution in [1.29, 1.82) is 0 Å². The van der Waals surface area contributed by atoms with Crippen molar-refractivity contribution in [3.05, 3.63) is 174 Å². The fourth-order valence-electron chi connectivity index (χ4n) is 5.18. The van der Waals surface area contributed by atoms with E-state index < -0.39 is 5.54 Å². The molecule has 6 aromatic rings. The fraction of sp³-hybridized carbons (Fsp3) is 0.0571. The minimum atomic E-state index is -0.675. The van der Waals surface area contributed by atoms with Gasteiger partial charge in [0.05, 0.1) is 12.0 Å². The van der Waals surface area contributed by atoms with Crippen LogP contribution in [-0.2, 0) is 12.1 Å². The van der Waals surface area contributed by atoms with Crippen molar-refractivity contribution in [2.75, 3.05) is 0 Å². The Bertz CT molecular complexity index is 1550. The zero-order chi connectivity index (χ0) is 26.5. The maximum absolute atomic E-state index is 10.8. The molecule has 0 amide bonds. The Hall–Kier alpha value is -5.09. The number of hydrogen-bond donors (Lipinski definition) is 1. The molecule has 1 N–H and O–H groups in total. The lowest BCUT2D eigenvalue weighted by molar-refractivity contribution is 0.306. The number of aromatic nitrogens is 2. The second-order valence-corrected chi connectivity index (χ2v) is 9.43. The highest BCUT2D eigenvalue weighted by Crippen LogP contribution is 2.42. The van der Waals surface area contributed by atoms with Gasteiger partial charge < -0.3 is 14.4 Å². The van der Waals surface area contributed by atoms with Crippen molar-refractivity contribution in [2.45, 2.75) is 12.1 Å². The van der Waals surface area contributed by atoms with Gasteiger partial charge in [0.1, 0.15) is 23.6 Å². The average molecular weight is 509 g/mol. The Morgan fingerprint density at radius 1 is 0.641 bits per heavy atom. The Kier molecular flexibility index (Phi) is 6.67. The molecule has 39 heavy (non-hydrogen) atoms. The van der Waals surface area contributed by atoms with Crippen LogP contribution in [0.25, 0.3) is 11.3 Å². The van der Waals surface area contributed by atoms with E-state index in [1.54, 1.807) is 12.1 Å². The molecule has 4 heteroatoms. The quantitative estimate of drug-likeness (QED) is 0.215. The summed E-state index contributed by atoms with van der Waals surface area (Å²) < 4.78 is 8.18. The molecule has 0 aliphatic heterocycles. The van der Waals surface area contributed by atoms with Gasteiger partial charge in [-0.05, 0) is 40.5 Å². The van der Waals surface area contributed by atoms with Crippen molar-refractivity contribution in [2.24, 2.45) is 0 Å². The Morgan fingerprint density at radius 3 is 1.69 bits per heavy atom. The highest BCUT2D eigenvalue weighted by Gasteiger charge is 2.38. The van der Waals surface area contributed by atoms with E-state index in [4.69, 9.17) is 9.72 Å². The summed E-state index contributed by atoms with van der Waals surface area (Å²) in [5.74, 6) is 0.818. The number of phenolic OH excluding ortho intramolecular Hbond substituents is 1.